The van der Waals surface area contributed by atoms with E-state index >= 15 is 0 Å². The molecule has 1 unspecified atom stereocenters. The normalized spacial score (nSPS) is 12.9. The molecule has 0 radical (unpaired) electrons. The molecule has 0 spiro atoms. The highest BCUT2D eigenvalue weighted by molar-refractivity contribution is 5.75. The fourth-order valence-corrected chi connectivity index (χ4v) is 0.468. The molecule has 11 heavy (non-hydrogen) atoms. The summed E-state index contributed by atoms with van der Waals surface area (Å²) >= 11 is 0. The molecule has 1 atom stereocenters. The first-order valence-electron chi connectivity index (χ1n) is 3.33. The van der Waals surface area contributed by atoms with Crippen LogP contribution in [0.25, 0.3) is 0 Å². The van der Waals surface area contributed by atoms with Crippen LogP contribution >= 0.6 is 0 Å². The van der Waals surface area contributed by atoms with E-state index < -0.39 is 12.1 Å². The topological polar surface area (TPSA) is 46.5 Å². The van der Waals surface area contributed by atoms with E-state index in [2.05, 4.69) is 11.3 Å². The predicted molar refractivity (Wildman–Crippen MR) is 41.7 cm³/mol. The van der Waals surface area contributed by atoms with Gasteiger partial charge in [-0.05, 0) is 6.92 Å². The first-order valence-corrected chi connectivity index (χ1v) is 3.33. The van der Waals surface area contributed by atoms with Gasteiger partial charge in [0.2, 0.25) is 0 Å². The smallest absolute Gasteiger partial charge is 0.340 e. The van der Waals surface area contributed by atoms with E-state index in [1.54, 1.807) is 13.0 Å². The van der Waals surface area contributed by atoms with Crippen molar-refractivity contribution in [1.29, 1.82) is 0 Å². The number of carbonyl (C=O) groups is 1. The minimum Gasteiger partial charge on any atom is -0.433 e. The van der Waals surface area contributed by atoms with Crippen molar-refractivity contribution < 1.29 is 14.6 Å². The quantitative estimate of drug-likeness (QED) is 0.375. The summed E-state index contributed by atoms with van der Waals surface area (Å²) in [5, 5.41) is 8.96. The molecule has 3 heteroatoms. The van der Waals surface area contributed by atoms with Crippen LogP contribution in [0.5, 0.6) is 0 Å². The van der Waals surface area contributed by atoms with E-state index in [9.17, 15) is 4.79 Å². The van der Waals surface area contributed by atoms with Crippen molar-refractivity contribution in [2.75, 3.05) is 0 Å². The van der Waals surface area contributed by atoms with Crippen LogP contribution in [-0.4, -0.2) is 17.2 Å². The second kappa shape index (κ2) is 5.68. The van der Waals surface area contributed by atoms with Crippen molar-refractivity contribution >= 4 is 5.97 Å². The fraction of sp³-hybridized carbons (Fsp3) is 0.375. The van der Waals surface area contributed by atoms with Gasteiger partial charge in [-0.15, -0.1) is 6.58 Å². The second-order valence-electron chi connectivity index (χ2n) is 1.95. The zero-order chi connectivity index (χ0) is 8.69. The molecule has 0 aliphatic heterocycles. The van der Waals surface area contributed by atoms with Gasteiger partial charge in [0.15, 0.2) is 6.10 Å². The Bertz CT molecular complexity index is 161. The van der Waals surface area contributed by atoms with Crippen LogP contribution < -0.4 is 0 Å². The fourth-order valence-electron chi connectivity index (χ4n) is 0.468. The zero-order valence-electron chi connectivity index (χ0n) is 6.49. The summed E-state index contributed by atoms with van der Waals surface area (Å²) in [4.78, 5) is 10.7. The van der Waals surface area contributed by atoms with Crippen LogP contribution in [0.2, 0.25) is 0 Å². The van der Waals surface area contributed by atoms with Crippen molar-refractivity contribution in [3.8, 4) is 0 Å². The summed E-state index contributed by atoms with van der Waals surface area (Å²) in [5.74, 6) is -0.650. The number of esters is 1. The first-order chi connectivity index (χ1) is 5.22. The van der Waals surface area contributed by atoms with Crippen molar-refractivity contribution in [3.05, 3.63) is 25.0 Å². The Hall–Kier alpha value is -1.09. The summed E-state index contributed by atoms with van der Waals surface area (Å²) in [7, 11) is 0. The molecule has 0 heterocycles. The molecule has 0 saturated heterocycles. The van der Waals surface area contributed by atoms with Gasteiger partial charge in [-0.1, -0.05) is 12.2 Å². The van der Waals surface area contributed by atoms with Crippen LogP contribution in [0.15, 0.2) is 25.0 Å². The van der Waals surface area contributed by atoms with Crippen molar-refractivity contribution in [2.45, 2.75) is 19.4 Å². The van der Waals surface area contributed by atoms with Gasteiger partial charge in [0.25, 0.3) is 0 Å². The van der Waals surface area contributed by atoms with Crippen LogP contribution in [-0.2, 0) is 9.53 Å². The largest absolute Gasteiger partial charge is 0.433 e. The molecule has 0 bridgehead atoms. The zero-order valence-corrected chi connectivity index (χ0v) is 6.49. The molecule has 0 aromatic carbocycles. The first kappa shape index (κ1) is 9.91. The molecule has 0 aliphatic rings. The lowest BCUT2D eigenvalue weighted by molar-refractivity contribution is -0.147. The minimum atomic E-state index is -1.09. The third-order valence-electron chi connectivity index (χ3n) is 0.982. The van der Waals surface area contributed by atoms with Gasteiger partial charge in [0.1, 0.15) is 0 Å². The molecule has 0 aromatic heterocycles. The molecular weight excluding hydrogens is 144 g/mol. The molecule has 3 nitrogen and oxygen atoms in total. The van der Waals surface area contributed by atoms with E-state index in [0.717, 1.165) is 0 Å². The van der Waals surface area contributed by atoms with Gasteiger partial charge in [-0.3, -0.25) is 0 Å². The Kier molecular flexibility index (Phi) is 5.11. The molecule has 1 N–H and O–H groups in total. The number of hydrogen-bond acceptors (Lipinski definition) is 3. The molecule has 0 rings (SSSR count). The summed E-state index contributed by atoms with van der Waals surface area (Å²) < 4.78 is 4.49. The van der Waals surface area contributed by atoms with Gasteiger partial charge in [0.05, 0.1) is 6.26 Å². The molecular formula is C8H12O3. The van der Waals surface area contributed by atoms with Gasteiger partial charge in [0, 0.05) is 6.42 Å². The minimum absolute atomic E-state index is 0.219. The molecule has 0 fully saturated rings. The Balaban J connectivity index is 3.72. The summed E-state index contributed by atoms with van der Waals surface area (Å²) in [6.45, 7) is 5.09. The van der Waals surface area contributed by atoms with Crippen LogP contribution in [0.1, 0.15) is 13.3 Å². The second-order valence-corrected chi connectivity index (χ2v) is 1.95. The molecule has 0 amide bonds. The molecule has 0 aromatic rings. The maximum absolute atomic E-state index is 10.7. The standard InChI is InChI=1S/C8H12O3/c1-3-5-7(9)8(10)11-6-4-2/h3-4,6-7,9H,1,5H2,2H3/b6-4+. The van der Waals surface area contributed by atoms with E-state index in [4.69, 9.17) is 5.11 Å². The van der Waals surface area contributed by atoms with Crippen LogP contribution in [0, 0.1) is 0 Å². The number of allylic oxidation sites excluding steroid dienone is 1. The highest BCUT2D eigenvalue weighted by atomic mass is 16.5. The highest BCUT2D eigenvalue weighted by Gasteiger charge is 2.12. The maximum atomic E-state index is 10.7. The van der Waals surface area contributed by atoms with Gasteiger partial charge < -0.3 is 9.84 Å². The van der Waals surface area contributed by atoms with Gasteiger partial charge in [-0.25, -0.2) is 4.79 Å². The number of rotatable bonds is 4. The number of ether oxygens (including phenoxy) is 1. The average Bonchev–Trinajstić information content (AvgIpc) is 2.00. The van der Waals surface area contributed by atoms with E-state index in [0.29, 0.717) is 0 Å². The van der Waals surface area contributed by atoms with Crippen molar-refractivity contribution in [3.63, 3.8) is 0 Å². The van der Waals surface area contributed by atoms with Crippen LogP contribution in [0.4, 0.5) is 0 Å². The molecule has 0 saturated carbocycles. The van der Waals surface area contributed by atoms with Crippen molar-refractivity contribution in [1.82, 2.24) is 0 Å². The molecule has 0 aliphatic carbocycles. The predicted octanol–water partition coefficient (Wildman–Crippen LogP) is 1.00. The van der Waals surface area contributed by atoms with E-state index in [1.807, 2.05) is 0 Å². The lowest BCUT2D eigenvalue weighted by atomic mass is 10.2. The Morgan fingerprint density at radius 3 is 2.91 bits per heavy atom. The van der Waals surface area contributed by atoms with E-state index in [1.165, 1.54) is 12.3 Å². The van der Waals surface area contributed by atoms with E-state index in [-0.39, 0.29) is 6.42 Å². The Morgan fingerprint density at radius 2 is 2.45 bits per heavy atom. The lowest BCUT2D eigenvalue weighted by Crippen LogP contribution is -2.20. The van der Waals surface area contributed by atoms with Crippen molar-refractivity contribution in [2.24, 2.45) is 0 Å². The monoisotopic (exact) mass is 156 g/mol. The number of carbonyl (C=O) groups excluding carboxylic acids is 1. The summed E-state index contributed by atoms with van der Waals surface area (Å²) in [5.41, 5.74) is 0. The lowest BCUT2D eigenvalue weighted by Gasteiger charge is -2.03. The van der Waals surface area contributed by atoms with Gasteiger partial charge in [-0.2, -0.15) is 0 Å². The Labute approximate surface area is 66.0 Å². The van der Waals surface area contributed by atoms with Crippen LogP contribution in [0.3, 0.4) is 0 Å². The third kappa shape index (κ3) is 4.33. The highest BCUT2D eigenvalue weighted by Crippen LogP contribution is 1.95. The third-order valence-corrected chi connectivity index (χ3v) is 0.982. The number of aliphatic hydroxyl groups excluding tert-OH is 1. The van der Waals surface area contributed by atoms with Gasteiger partial charge >= 0.3 is 5.97 Å². The number of hydrogen-bond donors (Lipinski definition) is 1. The average molecular weight is 156 g/mol. The number of aliphatic hydroxyl groups is 1. The summed E-state index contributed by atoms with van der Waals surface area (Å²) in [6.07, 6.45) is 3.38. The molecule has 62 valence electrons. The Morgan fingerprint density at radius 1 is 1.82 bits per heavy atom. The SMILES string of the molecule is C=CCC(O)C(=O)O/C=C/C. The summed E-state index contributed by atoms with van der Waals surface area (Å²) in [6, 6.07) is 0. The maximum Gasteiger partial charge on any atom is 0.340 e.